The van der Waals surface area contributed by atoms with E-state index < -0.39 is 0 Å². The zero-order chi connectivity index (χ0) is 19.2. The SMILES string of the molecule is CCNC(=NCC1CC1c1ccccc1)NC1CCN(Cc2ccsc2)CC1. The van der Waals surface area contributed by atoms with Crippen LogP contribution in [0.5, 0.6) is 0 Å². The highest BCUT2D eigenvalue weighted by atomic mass is 32.1. The molecule has 28 heavy (non-hydrogen) atoms. The normalized spacial score (nSPS) is 23.5. The van der Waals surface area contributed by atoms with E-state index in [1.165, 1.54) is 30.4 Å². The van der Waals surface area contributed by atoms with Crippen LogP contribution in [0.4, 0.5) is 0 Å². The lowest BCUT2D eigenvalue weighted by Gasteiger charge is -2.33. The molecule has 2 aliphatic rings. The third-order valence-corrected chi connectivity index (χ3v) is 6.63. The number of nitrogens with zero attached hydrogens (tertiary/aromatic N) is 2. The quantitative estimate of drug-likeness (QED) is 0.547. The fourth-order valence-corrected chi connectivity index (χ4v) is 4.82. The lowest BCUT2D eigenvalue weighted by Crippen LogP contribution is -2.48. The van der Waals surface area contributed by atoms with Crippen LogP contribution in [0, 0.1) is 5.92 Å². The predicted octanol–water partition coefficient (Wildman–Crippen LogP) is 4.07. The van der Waals surface area contributed by atoms with Crippen molar-refractivity contribution in [2.45, 2.75) is 44.7 Å². The first kappa shape index (κ1) is 19.5. The molecule has 150 valence electrons. The third-order valence-electron chi connectivity index (χ3n) is 5.89. The smallest absolute Gasteiger partial charge is 0.191 e. The molecule has 2 unspecified atom stereocenters. The van der Waals surface area contributed by atoms with Crippen molar-refractivity contribution in [1.82, 2.24) is 15.5 Å². The first-order valence-electron chi connectivity index (χ1n) is 10.6. The van der Waals surface area contributed by atoms with Gasteiger partial charge in [0, 0.05) is 38.8 Å². The summed E-state index contributed by atoms with van der Waals surface area (Å²) >= 11 is 1.79. The summed E-state index contributed by atoms with van der Waals surface area (Å²) in [7, 11) is 0. The Balaban J connectivity index is 1.23. The minimum atomic E-state index is 0.528. The number of likely N-dealkylation sites (tertiary alicyclic amines) is 1. The van der Waals surface area contributed by atoms with E-state index in [1.807, 2.05) is 0 Å². The van der Waals surface area contributed by atoms with Crippen molar-refractivity contribution in [2.24, 2.45) is 10.9 Å². The van der Waals surface area contributed by atoms with Gasteiger partial charge in [0.25, 0.3) is 0 Å². The van der Waals surface area contributed by atoms with Gasteiger partial charge in [-0.2, -0.15) is 11.3 Å². The topological polar surface area (TPSA) is 39.7 Å². The summed E-state index contributed by atoms with van der Waals surface area (Å²) in [6.45, 7) is 7.39. The van der Waals surface area contributed by atoms with E-state index in [0.717, 1.165) is 38.7 Å². The van der Waals surface area contributed by atoms with E-state index in [2.05, 4.69) is 69.6 Å². The monoisotopic (exact) mass is 396 g/mol. The molecule has 0 spiro atoms. The Kier molecular flexibility index (Phi) is 6.65. The van der Waals surface area contributed by atoms with Crippen LogP contribution < -0.4 is 10.6 Å². The second-order valence-electron chi connectivity index (χ2n) is 8.06. The van der Waals surface area contributed by atoms with Crippen LogP contribution >= 0.6 is 11.3 Å². The summed E-state index contributed by atoms with van der Waals surface area (Å²) < 4.78 is 0. The van der Waals surface area contributed by atoms with Gasteiger partial charge in [-0.05, 0) is 66.0 Å². The van der Waals surface area contributed by atoms with Crippen LogP contribution in [0.15, 0.2) is 52.2 Å². The molecule has 0 bridgehead atoms. The van der Waals surface area contributed by atoms with Crippen LogP contribution in [0.3, 0.4) is 0 Å². The molecule has 1 saturated carbocycles. The number of aliphatic imine (C=N–C) groups is 1. The van der Waals surface area contributed by atoms with E-state index in [0.29, 0.717) is 17.9 Å². The Morgan fingerprint density at radius 3 is 2.71 bits per heavy atom. The molecule has 2 fully saturated rings. The van der Waals surface area contributed by atoms with Gasteiger partial charge >= 0.3 is 0 Å². The number of hydrogen-bond acceptors (Lipinski definition) is 3. The standard InChI is InChI=1S/C23H32N4S/c1-2-24-23(25-15-20-14-22(20)19-6-4-3-5-7-19)26-21-8-11-27(12-9-21)16-18-10-13-28-17-18/h3-7,10,13,17,20-22H,2,8-9,11-12,14-16H2,1H3,(H2,24,25,26). The van der Waals surface area contributed by atoms with Crippen molar-refractivity contribution in [3.8, 4) is 0 Å². The average molecular weight is 397 g/mol. The largest absolute Gasteiger partial charge is 0.357 e. The van der Waals surface area contributed by atoms with Crippen molar-refractivity contribution in [2.75, 3.05) is 26.2 Å². The molecular formula is C23H32N4S. The molecule has 2 heterocycles. The van der Waals surface area contributed by atoms with Crippen molar-refractivity contribution in [3.05, 3.63) is 58.3 Å². The maximum Gasteiger partial charge on any atom is 0.191 e. The van der Waals surface area contributed by atoms with Crippen molar-refractivity contribution < 1.29 is 0 Å². The van der Waals surface area contributed by atoms with Crippen molar-refractivity contribution in [1.29, 1.82) is 0 Å². The molecule has 2 aromatic rings. The summed E-state index contributed by atoms with van der Waals surface area (Å²) in [4.78, 5) is 7.48. The molecule has 4 nitrogen and oxygen atoms in total. The van der Waals surface area contributed by atoms with Crippen LogP contribution in [0.1, 0.15) is 43.2 Å². The Bertz CT molecular complexity index is 735. The summed E-state index contributed by atoms with van der Waals surface area (Å²) in [5.41, 5.74) is 2.92. The predicted molar refractivity (Wildman–Crippen MR) is 119 cm³/mol. The van der Waals surface area contributed by atoms with Crippen LogP contribution in [-0.2, 0) is 6.54 Å². The zero-order valence-electron chi connectivity index (χ0n) is 16.8. The van der Waals surface area contributed by atoms with Crippen molar-refractivity contribution in [3.63, 3.8) is 0 Å². The summed E-state index contributed by atoms with van der Waals surface area (Å²) in [6, 6.07) is 13.7. The van der Waals surface area contributed by atoms with Crippen LogP contribution in [-0.4, -0.2) is 43.1 Å². The summed E-state index contributed by atoms with van der Waals surface area (Å²) in [5, 5.41) is 11.6. The minimum Gasteiger partial charge on any atom is -0.357 e. The maximum absolute atomic E-state index is 4.91. The molecule has 4 rings (SSSR count). The fraction of sp³-hybridized carbons (Fsp3) is 0.522. The van der Waals surface area contributed by atoms with Gasteiger partial charge in [0.05, 0.1) is 0 Å². The van der Waals surface area contributed by atoms with E-state index in [4.69, 9.17) is 4.99 Å². The Labute approximate surface area is 173 Å². The lowest BCUT2D eigenvalue weighted by atomic mass is 10.0. The summed E-state index contributed by atoms with van der Waals surface area (Å²) in [6.07, 6.45) is 3.64. The molecule has 1 aliphatic carbocycles. The molecule has 1 aliphatic heterocycles. The van der Waals surface area contributed by atoms with Gasteiger partial charge in [0.2, 0.25) is 0 Å². The third kappa shape index (κ3) is 5.36. The number of nitrogens with one attached hydrogen (secondary N) is 2. The second kappa shape index (κ2) is 9.57. The second-order valence-corrected chi connectivity index (χ2v) is 8.84. The van der Waals surface area contributed by atoms with Gasteiger partial charge in [0.15, 0.2) is 5.96 Å². The van der Waals surface area contributed by atoms with E-state index in [9.17, 15) is 0 Å². The maximum atomic E-state index is 4.91. The molecule has 5 heteroatoms. The van der Waals surface area contributed by atoms with Gasteiger partial charge in [-0.25, -0.2) is 0 Å². The van der Waals surface area contributed by atoms with E-state index in [1.54, 1.807) is 11.3 Å². The highest BCUT2D eigenvalue weighted by Crippen LogP contribution is 2.47. The van der Waals surface area contributed by atoms with Crippen LogP contribution in [0.2, 0.25) is 0 Å². The Hall–Kier alpha value is -1.85. The molecule has 2 N–H and O–H groups in total. The van der Waals surface area contributed by atoms with Gasteiger partial charge in [0.1, 0.15) is 0 Å². The Morgan fingerprint density at radius 1 is 1.18 bits per heavy atom. The molecule has 1 aromatic heterocycles. The number of thiophene rings is 1. The highest BCUT2D eigenvalue weighted by molar-refractivity contribution is 7.07. The number of benzene rings is 1. The molecule has 1 saturated heterocycles. The first-order valence-corrected chi connectivity index (χ1v) is 11.6. The molecule has 1 aromatic carbocycles. The first-order chi connectivity index (χ1) is 13.8. The van der Waals surface area contributed by atoms with Gasteiger partial charge in [-0.3, -0.25) is 9.89 Å². The van der Waals surface area contributed by atoms with Gasteiger partial charge in [-0.1, -0.05) is 30.3 Å². The lowest BCUT2D eigenvalue weighted by molar-refractivity contribution is 0.198. The number of hydrogen-bond donors (Lipinski definition) is 2. The molecule has 0 amide bonds. The number of rotatable bonds is 7. The molecule has 2 atom stereocenters. The zero-order valence-corrected chi connectivity index (χ0v) is 17.6. The summed E-state index contributed by atoms with van der Waals surface area (Å²) in [5.74, 6) is 2.40. The molecule has 0 radical (unpaired) electrons. The number of piperidine rings is 1. The fourth-order valence-electron chi connectivity index (χ4n) is 4.16. The minimum absolute atomic E-state index is 0.528. The molecular weight excluding hydrogens is 364 g/mol. The average Bonchev–Trinajstić information content (AvgIpc) is 3.33. The van der Waals surface area contributed by atoms with Gasteiger partial charge in [-0.15, -0.1) is 0 Å². The number of guanidine groups is 1. The van der Waals surface area contributed by atoms with Gasteiger partial charge < -0.3 is 10.6 Å². The van der Waals surface area contributed by atoms with E-state index >= 15 is 0 Å². The highest BCUT2D eigenvalue weighted by Gasteiger charge is 2.37. The van der Waals surface area contributed by atoms with Crippen LogP contribution in [0.25, 0.3) is 0 Å². The Morgan fingerprint density at radius 2 is 2.00 bits per heavy atom. The van der Waals surface area contributed by atoms with E-state index in [-0.39, 0.29) is 0 Å². The van der Waals surface area contributed by atoms with Crippen molar-refractivity contribution >= 4 is 17.3 Å².